The van der Waals surface area contributed by atoms with Crippen LogP contribution in [0.3, 0.4) is 0 Å². The van der Waals surface area contributed by atoms with Gasteiger partial charge in [0, 0.05) is 43.9 Å². The van der Waals surface area contributed by atoms with Gasteiger partial charge in [0.1, 0.15) is 0 Å². The van der Waals surface area contributed by atoms with Crippen molar-refractivity contribution in [1.82, 2.24) is 14.4 Å². The van der Waals surface area contributed by atoms with Crippen molar-refractivity contribution in [2.24, 2.45) is 0 Å². The Hall–Kier alpha value is -1.50. The van der Waals surface area contributed by atoms with Crippen LogP contribution < -0.4 is 0 Å². The predicted molar refractivity (Wildman–Crippen MR) is 84.3 cm³/mol. The second kappa shape index (κ2) is 6.32. The van der Waals surface area contributed by atoms with Crippen LogP contribution in [0.15, 0.2) is 12.2 Å². The fraction of sp³-hybridized carbons (Fsp3) is 0.625. The zero-order valence-electron chi connectivity index (χ0n) is 13.1. The third kappa shape index (κ3) is 2.99. The quantitative estimate of drug-likeness (QED) is 0.691. The number of rotatable bonds is 4. The van der Waals surface area contributed by atoms with Gasteiger partial charge in [0.25, 0.3) is 0 Å². The van der Waals surface area contributed by atoms with E-state index in [0.717, 1.165) is 37.3 Å². The Morgan fingerprint density at radius 2 is 1.50 bits per heavy atom. The number of hydrogen-bond acceptors (Lipinski definition) is 5. The van der Waals surface area contributed by atoms with E-state index >= 15 is 0 Å². The maximum atomic E-state index is 10.3. The molecule has 3 N–H and O–H groups in total. The number of aliphatic hydroxyl groups excluding tert-OH is 1. The van der Waals surface area contributed by atoms with Crippen LogP contribution in [-0.2, 0) is 19.4 Å². The van der Waals surface area contributed by atoms with E-state index < -0.39 is 6.10 Å². The normalized spacial score (nSPS) is 21.0. The van der Waals surface area contributed by atoms with E-state index in [9.17, 15) is 15.3 Å². The number of hydrogen-bond donors (Lipinski definition) is 3. The Kier molecular flexibility index (Phi) is 4.42. The van der Waals surface area contributed by atoms with Gasteiger partial charge in [-0.15, -0.1) is 0 Å². The van der Waals surface area contributed by atoms with Crippen molar-refractivity contribution in [2.45, 2.75) is 25.5 Å². The van der Waals surface area contributed by atoms with Crippen LogP contribution in [0.25, 0.3) is 0 Å². The smallest absolute Gasteiger partial charge is 0.197 e. The van der Waals surface area contributed by atoms with Crippen molar-refractivity contribution in [3.8, 4) is 11.8 Å². The molecule has 1 aliphatic heterocycles. The van der Waals surface area contributed by atoms with Gasteiger partial charge in [0.15, 0.2) is 11.8 Å². The Bertz CT molecular complexity index is 528. The molecule has 1 fully saturated rings. The van der Waals surface area contributed by atoms with E-state index in [1.165, 1.54) is 4.57 Å². The number of aromatic hydroxyl groups is 2. The summed E-state index contributed by atoms with van der Waals surface area (Å²) in [6.07, 6.45) is 4.65. The van der Waals surface area contributed by atoms with Crippen molar-refractivity contribution in [3.05, 3.63) is 23.3 Å². The van der Waals surface area contributed by atoms with Gasteiger partial charge in [-0.1, -0.05) is 12.2 Å². The van der Waals surface area contributed by atoms with Crippen LogP contribution in [0, 0.1) is 0 Å². The minimum atomic E-state index is -0.609. The molecule has 3 rings (SSSR count). The van der Waals surface area contributed by atoms with Crippen molar-refractivity contribution >= 4 is 0 Å². The molecular weight excluding hydrogens is 282 g/mol. The van der Waals surface area contributed by atoms with E-state index in [4.69, 9.17) is 0 Å². The highest BCUT2D eigenvalue weighted by atomic mass is 16.3. The lowest BCUT2D eigenvalue weighted by Crippen LogP contribution is -2.47. The molecular formula is C16H25N3O3. The molecule has 122 valence electrons. The second-order valence-corrected chi connectivity index (χ2v) is 6.35. The van der Waals surface area contributed by atoms with Gasteiger partial charge in [0.05, 0.1) is 12.6 Å². The van der Waals surface area contributed by atoms with Crippen molar-refractivity contribution in [1.29, 1.82) is 0 Å². The average molecular weight is 307 g/mol. The highest BCUT2D eigenvalue weighted by Gasteiger charge is 2.25. The Morgan fingerprint density at radius 1 is 0.955 bits per heavy atom. The maximum absolute atomic E-state index is 10.3. The molecule has 0 bridgehead atoms. The minimum absolute atomic E-state index is 0.0919. The first kappa shape index (κ1) is 15.4. The summed E-state index contributed by atoms with van der Waals surface area (Å²) in [5.41, 5.74) is 1.57. The fourth-order valence-electron chi connectivity index (χ4n) is 3.30. The summed E-state index contributed by atoms with van der Waals surface area (Å²) in [7, 11) is 2.10. The molecule has 0 spiro atoms. The van der Waals surface area contributed by atoms with Gasteiger partial charge < -0.3 is 20.2 Å². The number of aliphatic hydroxyl groups is 1. The number of fused-ring (bicyclic) bond motifs is 1. The van der Waals surface area contributed by atoms with Crippen molar-refractivity contribution in [2.75, 3.05) is 39.8 Å². The molecule has 2 heterocycles. The monoisotopic (exact) mass is 307 g/mol. The summed E-state index contributed by atoms with van der Waals surface area (Å²) in [6.45, 7) is 4.68. The zero-order valence-corrected chi connectivity index (χ0v) is 13.1. The molecule has 0 amide bonds. The maximum Gasteiger partial charge on any atom is 0.197 e. The van der Waals surface area contributed by atoms with Gasteiger partial charge in [0.2, 0.25) is 0 Å². The number of β-amino-alcohol motifs (C(OH)–C–C–N with tert-alkyl or cyclic N) is 1. The van der Waals surface area contributed by atoms with E-state index in [-0.39, 0.29) is 18.3 Å². The Morgan fingerprint density at radius 3 is 2.05 bits per heavy atom. The van der Waals surface area contributed by atoms with Crippen LogP contribution in [0.2, 0.25) is 0 Å². The number of aromatic nitrogens is 1. The van der Waals surface area contributed by atoms with Gasteiger partial charge in [-0.2, -0.15) is 0 Å². The molecule has 0 saturated carbocycles. The third-order valence-corrected chi connectivity index (χ3v) is 4.68. The van der Waals surface area contributed by atoms with Crippen LogP contribution in [-0.4, -0.2) is 75.6 Å². The summed E-state index contributed by atoms with van der Waals surface area (Å²) < 4.78 is 1.44. The average Bonchev–Trinajstić information content (AvgIpc) is 2.75. The van der Waals surface area contributed by atoms with Crippen LogP contribution in [0.4, 0.5) is 0 Å². The SMILES string of the molecule is CN1CCN(CC(O)Cn2c(O)c3c(c2O)CC=CC3)CC1. The Labute approximate surface area is 130 Å². The molecule has 0 radical (unpaired) electrons. The van der Waals surface area contributed by atoms with E-state index in [1.54, 1.807) is 0 Å². The van der Waals surface area contributed by atoms with E-state index in [2.05, 4.69) is 16.8 Å². The van der Waals surface area contributed by atoms with E-state index in [0.29, 0.717) is 19.4 Å². The van der Waals surface area contributed by atoms with Gasteiger partial charge in [-0.25, -0.2) is 0 Å². The highest BCUT2D eigenvalue weighted by Crippen LogP contribution is 2.36. The van der Waals surface area contributed by atoms with Crippen molar-refractivity contribution < 1.29 is 15.3 Å². The highest BCUT2D eigenvalue weighted by molar-refractivity contribution is 5.49. The third-order valence-electron chi connectivity index (χ3n) is 4.68. The van der Waals surface area contributed by atoms with Crippen LogP contribution in [0.1, 0.15) is 11.1 Å². The first-order chi connectivity index (χ1) is 10.6. The lowest BCUT2D eigenvalue weighted by atomic mass is 10.0. The van der Waals surface area contributed by atoms with E-state index in [1.807, 2.05) is 12.2 Å². The predicted octanol–water partition coefficient (Wildman–Crippen LogP) is 0.162. The molecule has 2 aliphatic rings. The molecule has 6 nitrogen and oxygen atoms in total. The zero-order chi connectivity index (χ0) is 15.7. The minimum Gasteiger partial charge on any atom is -0.494 e. The second-order valence-electron chi connectivity index (χ2n) is 6.35. The van der Waals surface area contributed by atoms with Crippen LogP contribution in [0.5, 0.6) is 11.8 Å². The topological polar surface area (TPSA) is 72.1 Å². The molecule has 0 aromatic carbocycles. The first-order valence-corrected chi connectivity index (χ1v) is 7.92. The van der Waals surface area contributed by atoms with Gasteiger partial charge in [-0.05, 0) is 19.9 Å². The molecule has 22 heavy (non-hydrogen) atoms. The molecule has 1 aromatic rings. The summed E-state index contributed by atoms with van der Waals surface area (Å²) >= 11 is 0. The standard InChI is InChI=1S/C16H25N3O3/c1-17-6-8-18(9-7-17)10-12(20)11-19-15(21)13-4-2-3-5-14(13)16(19)22/h2-3,12,20-22H,4-11H2,1H3. The summed E-state index contributed by atoms with van der Waals surface area (Å²) in [5, 5.41) is 30.9. The lowest BCUT2D eigenvalue weighted by Gasteiger charge is -2.33. The number of allylic oxidation sites excluding steroid dienone is 2. The molecule has 1 atom stereocenters. The molecule has 1 aromatic heterocycles. The fourth-order valence-corrected chi connectivity index (χ4v) is 3.30. The summed E-state index contributed by atoms with van der Waals surface area (Å²) in [4.78, 5) is 4.50. The molecule has 1 unspecified atom stereocenters. The van der Waals surface area contributed by atoms with Gasteiger partial charge in [-0.3, -0.25) is 9.47 Å². The summed E-state index contributed by atoms with van der Waals surface area (Å²) in [6, 6.07) is 0. The molecule has 6 heteroatoms. The van der Waals surface area contributed by atoms with Gasteiger partial charge >= 0.3 is 0 Å². The molecule has 1 saturated heterocycles. The Balaban J connectivity index is 1.64. The van der Waals surface area contributed by atoms with Crippen molar-refractivity contribution in [3.63, 3.8) is 0 Å². The summed E-state index contributed by atoms with van der Waals surface area (Å²) in [5.74, 6) is 0.184. The van der Waals surface area contributed by atoms with Crippen LogP contribution >= 0.6 is 0 Å². The number of likely N-dealkylation sites (N-methyl/N-ethyl adjacent to an activating group) is 1. The first-order valence-electron chi connectivity index (χ1n) is 7.92. The largest absolute Gasteiger partial charge is 0.494 e. The molecule has 1 aliphatic carbocycles. The lowest BCUT2D eigenvalue weighted by molar-refractivity contribution is 0.0683. The number of nitrogens with zero attached hydrogens (tertiary/aromatic N) is 3. The number of piperazine rings is 1.